The first-order valence-corrected chi connectivity index (χ1v) is 6.22. The lowest BCUT2D eigenvalue weighted by atomic mass is 10.1. The van der Waals surface area contributed by atoms with Crippen LogP contribution in [0.2, 0.25) is 0 Å². The fourth-order valence-corrected chi connectivity index (χ4v) is 1.91. The zero-order chi connectivity index (χ0) is 13.8. The van der Waals surface area contributed by atoms with Crippen molar-refractivity contribution in [2.45, 2.75) is 20.5 Å². The largest absolute Gasteiger partial charge is 0.493 e. The maximum atomic E-state index is 5.82. The Kier molecular flexibility index (Phi) is 3.95. The molecule has 0 aliphatic carbocycles. The minimum Gasteiger partial charge on any atom is -0.493 e. The van der Waals surface area contributed by atoms with Crippen molar-refractivity contribution in [2.24, 2.45) is 0 Å². The molecule has 0 fully saturated rings. The van der Waals surface area contributed by atoms with Crippen molar-refractivity contribution in [3.05, 3.63) is 53.1 Å². The SMILES string of the molecule is COc1cc(N)ccc1OCc1cc(C)ccc1C. The summed E-state index contributed by atoms with van der Waals surface area (Å²) in [6.45, 7) is 4.68. The number of aryl methyl sites for hydroxylation is 2. The quantitative estimate of drug-likeness (QED) is 0.853. The topological polar surface area (TPSA) is 44.5 Å². The minimum atomic E-state index is 0.522. The molecule has 2 aromatic carbocycles. The average Bonchev–Trinajstić information content (AvgIpc) is 2.40. The number of ether oxygens (including phenoxy) is 2. The molecule has 2 aromatic rings. The van der Waals surface area contributed by atoms with Gasteiger partial charge in [0.1, 0.15) is 6.61 Å². The van der Waals surface area contributed by atoms with Crippen LogP contribution in [-0.4, -0.2) is 7.11 Å². The van der Waals surface area contributed by atoms with E-state index in [0.29, 0.717) is 23.8 Å². The van der Waals surface area contributed by atoms with Crippen molar-refractivity contribution < 1.29 is 9.47 Å². The van der Waals surface area contributed by atoms with Gasteiger partial charge in [-0.05, 0) is 37.1 Å². The zero-order valence-electron chi connectivity index (χ0n) is 11.6. The summed E-state index contributed by atoms with van der Waals surface area (Å²) >= 11 is 0. The Hall–Kier alpha value is -2.16. The van der Waals surface area contributed by atoms with Crippen LogP contribution < -0.4 is 15.2 Å². The molecule has 19 heavy (non-hydrogen) atoms. The van der Waals surface area contributed by atoms with E-state index in [9.17, 15) is 0 Å². The van der Waals surface area contributed by atoms with Crippen LogP contribution in [0, 0.1) is 13.8 Å². The molecule has 3 heteroatoms. The highest BCUT2D eigenvalue weighted by molar-refractivity contribution is 5.52. The van der Waals surface area contributed by atoms with Gasteiger partial charge in [-0.2, -0.15) is 0 Å². The molecule has 0 spiro atoms. The Labute approximate surface area is 114 Å². The van der Waals surface area contributed by atoms with E-state index in [1.165, 1.54) is 16.7 Å². The highest BCUT2D eigenvalue weighted by Crippen LogP contribution is 2.29. The Morgan fingerprint density at radius 1 is 1.00 bits per heavy atom. The van der Waals surface area contributed by atoms with E-state index < -0.39 is 0 Å². The molecule has 0 atom stereocenters. The van der Waals surface area contributed by atoms with E-state index in [0.717, 1.165) is 0 Å². The summed E-state index contributed by atoms with van der Waals surface area (Å²) in [6, 6.07) is 11.7. The molecule has 0 unspecified atom stereocenters. The molecule has 0 radical (unpaired) electrons. The van der Waals surface area contributed by atoms with Crippen LogP contribution in [0.15, 0.2) is 36.4 Å². The number of hydrogen-bond acceptors (Lipinski definition) is 3. The molecule has 0 amide bonds. The lowest BCUT2D eigenvalue weighted by Crippen LogP contribution is -2.00. The van der Waals surface area contributed by atoms with Crippen molar-refractivity contribution in [3.8, 4) is 11.5 Å². The summed E-state index contributed by atoms with van der Waals surface area (Å²) in [5.41, 5.74) is 10.0. The molecular weight excluding hydrogens is 238 g/mol. The monoisotopic (exact) mass is 257 g/mol. The van der Waals surface area contributed by atoms with Crippen LogP contribution >= 0.6 is 0 Å². The lowest BCUT2D eigenvalue weighted by Gasteiger charge is -2.13. The predicted molar refractivity (Wildman–Crippen MR) is 77.7 cm³/mol. The molecule has 2 N–H and O–H groups in total. The molecule has 0 aromatic heterocycles. The van der Waals surface area contributed by atoms with E-state index in [4.69, 9.17) is 15.2 Å². The summed E-state index contributed by atoms with van der Waals surface area (Å²) in [7, 11) is 1.61. The van der Waals surface area contributed by atoms with Gasteiger partial charge in [-0.25, -0.2) is 0 Å². The van der Waals surface area contributed by atoms with Crippen LogP contribution in [0.4, 0.5) is 5.69 Å². The highest BCUT2D eigenvalue weighted by Gasteiger charge is 2.06. The van der Waals surface area contributed by atoms with Gasteiger partial charge in [0.25, 0.3) is 0 Å². The van der Waals surface area contributed by atoms with E-state index in [1.54, 1.807) is 19.2 Å². The van der Waals surface area contributed by atoms with Crippen molar-refractivity contribution >= 4 is 5.69 Å². The standard InChI is InChI=1S/C16H19NO2/c1-11-4-5-12(2)13(8-11)10-19-15-7-6-14(17)9-16(15)18-3/h4-9H,10,17H2,1-3H3. The number of hydrogen-bond donors (Lipinski definition) is 1. The van der Waals surface area contributed by atoms with Crippen LogP contribution in [0.25, 0.3) is 0 Å². The first-order valence-electron chi connectivity index (χ1n) is 6.22. The van der Waals surface area contributed by atoms with Crippen molar-refractivity contribution in [1.29, 1.82) is 0 Å². The molecule has 0 bridgehead atoms. The second-order valence-electron chi connectivity index (χ2n) is 4.63. The zero-order valence-corrected chi connectivity index (χ0v) is 11.6. The maximum absolute atomic E-state index is 5.82. The first-order chi connectivity index (χ1) is 9.10. The Morgan fingerprint density at radius 2 is 1.79 bits per heavy atom. The van der Waals surface area contributed by atoms with Gasteiger partial charge in [-0.3, -0.25) is 0 Å². The van der Waals surface area contributed by atoms with E-state index in [-0.39, 0.29) is 0 Å². The van der Waals surface area contributed by atoms with Gasteiger partial charge in [0.05, 0.1) is 7.11 Å². The van der Waals surface area contributed by atoms with Gasteiger partial charge < -0.3 is 15.2 Å². The maximum Gasteiger partial charge on any atom is 0.162 e. The number of nitrogens with two attached hydrogens (primary N) is 1. The van der Waals surface area contributed by atoms with E-state index in [1.807, 2.05) is 6.07 Å². The van der Waals surface area contributed by atoms with Crippen molar-refractivity contribution in [1.82, 2.24) is 0 Å². The van der Waals surface area contributed by atoms with Crippen molar-refractivity contribution in [3.63, 3.8) is 0 Å². The molecular formula is C16H19NO2. The summed E-state index contributed by atoms with van der Waals surface area (Å²) in [5, 5.41) is 0. The molecule has 3 nitrogen and oxygen atoms in total. The minimum absolute atomic E-state index is 0.522. The molecule has 2 rings (SSSR count). The summed E-state index contributed by atoms with van der Waals surface area (Å²) in [4.78, 5) is 0. The van der Waals surface area contributed by atoms with Gasteiger partial charge in [0.15, 0.2) is 11.5 Å². The average molecular weight is 257 g/mol. The predicted octanol–water partition coefficient (Wildman–Crippen LogP) is 3.47. The number of nitrogen functional groups attached to an aromatic ring is 1. The van der Waals surface area contributed by atoms with Crippen LogP contribution in [0.3, 0.4) is 0 Å². The highest BCUT2D eigenvalue weighted by atomic mass is 16.5. The van der Waals surface area contributed by atoms with E-state index in [2.05, 4.69) is 32.0 Å². The van der Waals surface area contributed by atoms with E-state index >= 15 is 0 Å². The Bertz CT molecular complexity index is 579. The smallest absolute Gasteiger partial charge is 0.162 e. The fraction of sp³-hybridized carbons (Fsp3) is 0.250. The van der Waals surface area contributed by atoms with Crippen LogP contribution in [0.5, 0.6) is 11.5 Å². The molecule has 0 saturated heterocycles. The summed E-state index contributed by atoms with van der Waals surface area (Å²) < 4.78 is 11.1. The normalized spacial score (nSPS) is 10.3. The third kappa shape index (κ3) is 3.19. The van der Waals surface area contributed by atoms with Gasteiger partial charge in [-0.15, -0.1) is 0 Å². The Morgan fingerprint density at radius 3 is 2.53 bits per heavy atom. The number of methoxy groups -OCH3 is 1. The molecule has 0 aliphatic rings. The van der Waals surface area contributed by atoms with Crippen molar-refractivity contribution in [2.75, 3.05) is 12.8 Å². The number of rotatable bonds is 4. The molecule has 0 aliphatic heterocycles. The van der Waals surface area contributed by atoms with Gasteiger partial charge >= 0.3 is 0 Å². The van der Waals surface area contributed by atoms with Crippen LogP contribution in [-0.2, 0) is 6.61 Å². The Balaban J connectivity index is 2.16. The second-order valence-corrected chi connectivity index (χ2v) is 4.63. The third-order valence-corrected chi connectivity index (χ3v) is 3.08. The molecule has 0 heterocycles. The number of benzene rings is 2. The second kappa shape index (κ2) is 5.65. The van der Waals surface area contributed by atoms with Gasteiger partial charge in [0, 0.05) is 11.8 Å². The van der Waals surface area contributed by atoms with Gasteiger partial charge in [-0.1, -0.05) is 23.8 Å². The third-order valence-electron chi connectivity index (χ3n) is 3.08. The lowest BCUT2D eigenvalue weighted by molar-refractivity contribution is 0.284. The molecule has 0 saturated carbocycles. The first kappa shape index (κ1) is 13.3. The fourth-order valence-electron chi connectivity index (χ4n) is 1.91. The molecule has 100 valence electrons. The summed E-state index contributed by atoms with van der Waals surface area (Å²) in [6.07, 6.45) is 0. The van der Waals surface area contributed by atoms with Crippen LogP contribution in [0.1, 0.15) is 16.7 Å². The van der Waals surface area contributed by atoms with Gasteiger partial charge in [0.2, 0.25) is 0 Å². The summed E-state index contributed by atoms with van der Waals surface area (Å²) in [5.74, 6) is 1.36. The number of anilines is 1.